The predicted octanol–water partition coefficient (Wildman–Crippen LogP) is 5.23. The van der Waals surface area contributed by atoms with Crippen molar-refractivity contribution in [3.8, 4) is 5.69 Å². The number of hydrogen-bond donors (Lipinski definition) is 1. The summed E-state index contributed by atoms with van der Waals surface area (Å²) in [4.78, 5) is 13.0. The summed E-state index contributed by atoms with van der Waals surface area (Å²) in [7, 11) is 0. The fraction of sp³-hybridized carbons (Fsp3) is 0.0952. The molecule has 152 valence electrons. The summed E-state index contributed by atoms with van der Waals surface area (Å²) < 4.78 is 17.1. The lowest BCUT2D eigenvalue weighted by Gasteiger charge is -2.11. The minimum atomic E-state index is -0.374. The van der Waals surface area contributed by atoms with Crippen LogP contribution in [0.2, 0.25) is 5.15 Å². The highest BCUT2D eigenvalue weighted by Gasteiger charge is 2.21. The van der Waals surface area contributed by atoms with Crippen LogP contribution in [-0.2, 0) is 6.54 Å². The number of carbonyl (C=O) groups is 1. The number of nitrogens with one attached hydrogen (secondary N) is 1. The Morgan fingerprint density at radius 3 is 2.63 bits per heavy atom. The molecule has 6 nitrogen and oxygen atoms in total. The Hall–Kier alpha value is -2.97. The van der Waals surface area contributed by atoms with Crippen molar-refractivity contribution >= 4 is 39.1 Å². The van der Waals surface area contributed by atoms with Gasteiger partial charge in [0.1, 0.15) is 11.0 Å². The lowest BCUT2D eigenvalue weighted by atomic mass is 10.2. The second-order valence-corrected chi connectivity index (χ2v) is 7.88. The molecule has 4 aromatic rings. The molecule has 0 unspecified atom stereocenters. The molecular formula is C21H16BrClFN5O. The van der Waals surface area contributed by atoms with Crippen LogP contribution in [0.25, 0.3) is 5.69 Å². The van der Waals surface area contributed by atoms with E-state index in [4.69, 9.17) is 11.6 Å². The molecule has 30 heavy (non-hydrogen) atoms. The Kier molecular flexibility index (Phi) is 5.69. The van der Waals surface area contributed by atoms with Gasteiger partial charge in [-0.3, -0.25) is 4.79 Å². The smallest absolute Gasteiger partial charge is 0.260 e. The van der Waals surface area contributed by atoms with Crippen LogP contribution in [0.4, 0.5) is 10.1 Å². The summed E-state index contributed by atoms with van der Waals surface area (Å²) in [6, 6.07) is 13.4. The first-order chi connectivity index (χ1) is 14.4. The summed E-state index contributed by atoms with van der Waals surface area (Å²) in [6.45, 7) is 2.05. The fourth-order valence-corrected chi connectivity index (χ4v) is 3.68. The number of carbonyl (C=O) groups excluding carboxylic acids is 1. The summed E-state index contributed by atoms with van der Waals surface area (Å²) in [5.41, 5.74) is 2.90. The van der Waals surface area contributed by atoms with Gasteiger partial charge in [-0.15, -0.1) is 0 Å². The van der Waals surface area contributed by atoms with Crippen LogP contribution in [0.3, 0.4) is 0 Å². The van der Waals surface area contributed by atoms with Crippen LogP contribution >= 0.6 is 27.5 Å². The molecule has 1 amide bonds. The maximum atomic E-state index is 13.1. The third-order valence-corrected chi connectivity index (χ3v) is 5.28. The van der Waals surface area contributed by atoms with E-state index >= 15 is 0 Å². The molecule has 0 aliphatic heterocycles. The Labute approximate surface area is 185 Å². The zero-order chi connectivity index (χ0) is 21.3. The number of hydrogen-bond acceptors (Lipinski definition) is 3. The van der Waals surface area contributed by atoms with Gasteiger partial charge in [0.15, 0.2) is 0 Å². The molecule has 4 rings (SSSR count). The van der Waals surface area contributed by atoms with Gasteiger partial charge < -0.3 is 5.32 Å². The number of amides is 1. The van der Waals surface area contributed by atoms with Crippen LogP contribution in [-0.4, -0.2) is 25.5 Å². The van der Waals surface area contributed by atoms with Crippen LogP contribution in [0, 0.1) is 12.7 Å². The highest BCUT2D eigenvalue weighted by molar-refractivity contribution is 9.10. The van der Waals surface area contributed by atoms with E-state index in [-0.39, 0.29) is 22.4 Å². The maximum Gasteiger partial charge on any atom is 0.260 e. The van der Waals surface area contributed by atoms with E-state index in [1.54, 1.807) is 42.2 Å². The highest BCUT2D eigenvalue weighted by Crippen LogP contribution is 2.25. The highest BCUT2D eigenvalue weighted by atomic mass is 79.9. The molecule has 0 fully saturated rings. The van der Waals surface area contributed by atoms with Crippen molar-refractivity contribution in [3.05, 3.63) is 93.2 Å². The standard InChI is InChI=1S/C21H16BrClFN5O/c1-13-19(20(23)29(27-13)11-14-6-8-16(24)9-7-14)21(30)26-17-4-2-3-5-18(17)28-12-15(22)10-25-28/h2-10,12H,11H2,1H3,(H,26,30). The topological polar surface area (TPSA) is 64.7 Å². The van der Waals surface area contributed by atoms with E-state index in [1.165, 1.54) is 16.8 Å². The minimum absolute atomic E-state index is 0.216. The summed E-state index contributed by atoms with van der Waals surface area (Å²) in [6.07, 6.45) is 3.46. The third-order valence-electron chi connectivity index (χ3n) is 4.49. The van der Waals surface area contributed by atoms with E-state index in [0.29, 0.717) is 23.6 Å². The summed E-state index contributed by atoms with van der Waals surface area (Å²) >= 11 is 9.85. The molecule has 0 spiro atoms. The molecule has 0 atom stereocenters. The van der Waals surface area contributed by atoms with Crippen LogP contribution < -0.4 is 5.32 Å². The van der Waals surface area contributed by atoms with Crippen molar-refractivity contribution in [3.63, 3.8) is 0 Å². The Balaban J connectivity index is 1.61. The van der Waals surface area contributed by atoms with Crippen LogP contribution in [0.5, 0.6) is 0 Å². The normalized spacial score (nSPS) is 10.9. The Bertz CT molecular complexity index is 1220. The number of anilines is 1. The monoisotopic (exact) mass is 487 g/mol. The molecule has 2 aromatic heterocycles. The summed E-state index contributed by atoms with van der Waals surface area (Å²) in [5.74, 6) is -0.689. The van der Waals surface area contributed by atoms with Gasteiger partial charge in [-0.05, 0) is 52.7 Å². The molecule has 0 saturated heterocycles. The number of halogens is 3. The number of para-hydroxylation sites is 2. The van der Waals surface area contributed by atoms with Gasteiger partial charge in [-0.2, -0.15) is 10.2 Å². The van der Waals surface area contributed by atoms with Crippen molar-refractivity contribution in [2.75, 3.05) is 5.32 Å². The molecule has 2 aromatic carbocycles. The van der Waals surface area contributed by atoms with Crippen LogP contribution in [0.1, 0.15) is 21.6 Å². The zero-order valence-corrected chi connectivity index (χ0v) is 18.2. The van der Waals surface area contributed by atoms with Crippen molar-refractivity contribution in [1.29, 1.82) is 0 Å². The van der Waals surface area contributed by atoms with Gasteiger partial charge in [-0.25, -0.2) is 13.8 Å². The van der Waals surface area contributed by atoms with Gasteiger partial charge in [-0.1, -0.05) is 35.9 Å². The average molecular weight is 489 g/mol. The lowest BCUT2D eigenvalue weighted by Crippen LogP contribution is -2.15. The predicted molar refractivity (Wildman–Crippen MR) is 117 cm³/mol. The van der Waals surface area contributed by atoms with Crippen LogP contribution in [0.15, 0.2) is 65.4 Å². The number of benzene rings is 2. The number of rotatable bonds is 5. The van der Waals surface area contributed by atoms with E-state index in [9.17, 15) is 9.18 Å². The first-order valence-corrected chi connectivity index (χ1v) is 10.2. The quantitative estimate of drug-likeness (QED) is 0.418. The number of nitrogens with zero attached hydrogens (tertiary/aromatic N) is 4. The van der Waals surface area contributed by atoms with E-state index < -0.39 is 0 Å². The lowest BCUT2D eigenvalue weighted by molar-refractivity contribution is 0.102. The Morgan fingerprint density at radius 2 is 1.93 bits per heavy atom. The molecule has 9 heteroatoms. The number of aromatic nitrogens is 4. The minimum Gasteiger partial charge on any atom is -0.320 e. The molecule has 0 aliphatic carbocycles. The molecule has 0 radical (unpaired) electrons. The maximum absolute atomic E-state index is 13.1. The van der Waals surface area contributed by atoms with Crippen molar-refractivity contribution in [2.24, 2.45) is 0 Å². The first-order valence-electron chi connectivity index (χ1n) is 9.00. The molecule has 2 heterocycles. The summed E-state index contributed by atoms with van der Waals surface area (Å²) in [5, 5.41) is 11.8. The largest absolute Gasteiger partial charge is 0.320 e. The molecule has 0 saturated carbocycles. The second-order valence-electron chi connectivity index (χ2n) is 6.61. The second kappa shape index (κ2) is 8.41. The molecule has 0 aliphatic rings. The van der Waals surface area contributed by atoms with Crippen molar-refractivity contribution in [1.82, 2.24) is 19.6 Å². The Morgan fingerprint density at radius 1 is 1.20 bits per heavy atom. The van der Waals surface area contributed by atoms with Gasteiger partial charge in [0.05, 0.1) is 39.8 Å². The molecule has 0 bridgehead atoms. The fourth-order valence-electron chi connectivity index (χ4n) is 3.08. The van der Waals surface area contributed by atoms with E-state index in [1.807, 2.05) is 18.2 Å². The third kappa shape index (κ3) is 4.15. The first kappa shape index (κ1) is 20.3. The SMILES string of the molecule is Cc1nn(Cc2ccc(F)cc2)c(Cl)c1C(=O)Nc1ccccc1-n1cc(Br)cn1. The van der Waals surface area contributed by atoms with Crippen molar-refractivity contribution in [2.45, 2.75) is 13.5 Å². The van der Waals surface area contributed by atoms with E-state index in [0.717, 1.165) is 10.0 Å². The van der Waals surface area contributed by atoms with Gasteiger partial charge >= 0.3 is 0 Å². The average Bonchev–Trinajstić information content (AvgIpc) is 3.27. The van der Waals surface area contributed by atoms with Gasteiger partial charge in [0.25, 0.3) is 5.91 Å². The molecular weight excluding hydrogens is 473 g/mol. The number of aryl methyl sites for hydroxylation is 1. The van der Waals surface area contributed by atoms with Gasteiger partial charge in [0, 0.05) is 6.20 Å². The van der Waals surface area contributed by atoms with Gasteiger partial charge in [0.2, 0.25) is 0 Å². The molecule has 1 N–H and O–H groups in total. The zero-order valence-electron chi connectivity index (χ0n) is 15.8. The van der Waals surface area contributed by atoms with Crippen molar-refractivity contribution < 1.29 is 9.18 Å². The van der Waals surface area contributed by atoms with E-state index in [2.05, 4.69) is 31.4 Å².